The summed E-state index contributed by atoms with van der Waals surface area (Å²) in [5.41, 5.74) is 1.09. The number of benzene rings is 1. The molecule has 0 spiro atoms. The van der Waals surface area contributed by atoms with Gasteiger partial charge in [-0.15, -0.1) is 0 Å². The molecule has 1 aromatic carbocycles. The zero-order chi connectivity index (χ0) is 13.8. The molecule has 1 aromatic rings. The fraction of sp³-hybridized carbons (Fsp3) is 0.533. The van der Waals surface area contributed by atoms with Gasteiger partial charge in [-0.25, -0.2) is 0 Å². The Hall–Kier alpha value is -1.39. The molecule has 1 heterocycles. The molecule has 1 N–H and O–H groups in total. The van der Waals surface area contributed by atoms with Gasteiger partial charge < -0.3 is 10.0 Å². The molecule has 1 aliphatic rings. The monoisotopic (exact) mass is 262 g/mol. The Kier molecular flexibility index (Phi) is 4.56. The van der Waals surface area contributed by atoms with Gasteiger partial charge in [0.15, 0.2) is 0 Å². The first-order chi connectivity index (χ1) is 9.09. The molecule has 2 rings (SSSR count). The van der Waals surface area contributed by atoms with Gasteiger partial charge in [-0.2, -0.15) is 0 Å². The van der Waals surface area contributed by atoms with Crippen molar-refractivity contribution in [1.82, 2.24) is 9.80 Å². The summed E-state index contributed by atoms with van der Waals surface area (Å²) >= 11 is 0. The molecule has 0 radical (unpaired) electrons. The van der Waals surface area contributed by atoms with Crippen LogP contribution in [0.25, 0.3) is 0 Å². The van der Waals surface area contributed by atoms with Gasteiger partial charge in [0.2, 0.25) is 0 Å². The maximum absolute atomic E-state index is 11.6. The van der Waals surface area contributed by atoms with Crippen LogP contribution in [0.5, 0.6) is 0 Å². The number of carboxylic acids is 1. The van der Waals surface area contributed by atoms with Gasteiger partial charge in [0.1, 0.15) is 6.04 Å². The lowest BCUT2D eigenvalue weighted by molar-refractivity contribution is -0.144. The maximum atomic E-state index is 11.6. The lowest BCUT2D eigenvalue weighted by atomic mass is 9.92. The number of aliphatic carboxylic acids is 1. The molecule has 1 fully saturated rings. The molecular formula is C15H22N2O2. The second-order valence-electron chi connectivity index (χ2n) is 5.32. The Bertz CT molecular complexity index is 413. The molecule has 0 aliphatic carbocycles. The van der Waals surface area contributed by atoms with Crippen molar-refractivity contribution in [3.63, 3.8) is 0 Å². The van der Waals surface area contributed by atoms with Crippen molar-refractivity contribution in [2.24, 2.45) is 0 Å². The number of hydrogen-bond acceptors (Lipinski definition) is 3. The molecule has 0 aromatic heterocycles. The predicted molar refractivity (Wildman–Crippen MR) is 75.4 cm³/mol. The van der Waals surface area contributed by atoms with Crippen molar-refractivity contribution in [1.29, 1.82) is 0 Å². The average Bonchev–Trinajstić information content (AvgIpc) is 2.42. The lowest BCUT2D eigenvalue weighted by Crippen LogP contribution is -2.53. The largest absolute Gasteiger partial charge is 0.480 e. The third kappa shape index (κ3) is 3.33. The minimum absolute atomic E-state index is 0.00195. The fourth-order valence-corrected chi connectivity index (χ4v) is 2.73. The van der Waals surface area contributed by atoms with Gasteiger partial charge in [-0.1, -0.05) is 37.3 Å². The highest BCUT2D eigenvalue weighted by molar-refractivity contribution is 5.75. The molecule has 0 bridgehead atoms. The fourth-order valence-electron chi connectivity index (χ4n) is 2.73. The van der Waals surface area contributed by atoms with Crippen molar-refractivity contribution in [3.05, 3.63) is 35.9 Å². The molecule has 0 saturated carbocycles. The molecule has 19 heavy (non-hydrogen) atoms. The van der Waals surface area contributed by atoms with Crippen LogP contribution in [0, 0.1) is 0 Å². The molecule has 2 unspecified atom stereocenters. The van der Waals surface area contributed by atoms with Gasteiger partial charge in [0, 0.05) is 32.1 Å². The average molecular weight is 262 g/mol. The van der Waals surface area contributed by atoms with Crippen LogP contribution in [0.3, 0.4) is 0 Å². The standard InChI is InChI=1S/C15H22N2O2/c1-12(13-6-4-3-5-7-13)14(15(18)19)17-10-8-16(2)9-11-17/h3-7,12,14H,8-11H2,1-2H3,(H,18,19). The van der Waals surface area contributed by atoms with Crippen LogP contribution in [0.15, 0.2) is 30.3 Å². The Labute approximate surface area is 114 Å². The quantitative estimate of drug-likeness (QED) is 0.893. The van der Waals surface area contributed by atoms with Crippen molar-refractivity contribution in [3.8, 4) is 0 Å². The van der Waals surface area contributed by atoms with E-state index in [2.05, 4.69) is 16.8 Å². The van der Waals surface area contributed by atoms with Crippen LogP contribution in [0.1, 0.15) is 18.4 Å². The van der Waals surface area contributed by atoms with Crippen molar-refractivity contribution < 1.29 is 9.90 Å². The zero-order valence-electron chi connectivity index (χ0n) is 11.6. The minimum atomic E-state index is -0.721. The summed E-state index contributed by atoms with van der Waals surface area (Å²) in [6.07, 6.45) is 0. The van der Waals surface area contributed by atoms with Gasteiger partial charge in [0.25, 0.3) is 0 Å². The summed E-state index contributed by atoms with van der Waals surface area (Å²) in [6.45, 7) is 5.53. The van der Waals surface area contributed by atoms with E-state index in [1.165, 1.54) is 0 Å². The topological polar surface area (TPSA) is 43.8 Å². The number of rotatable bonds is 4. The van der Waals surface area contributed by atoms with Crippen molar-refractivity contribution in [2.75, 3.05) is 33.2 Å². The highest BCUT2D eigenvalue weighted by atomic mass is 16.4. The van der Waals surface area contributed by atoms with Crippen molar-refractivity contribution >= 4 is 5.97 Å². The Morgan fingerprint density at radius 2 is 1.74 bits per heavy atom. The second-order valence-corrected chi connectivity index (χ2v) is 5.32. The second kappa shape index (κ2) is 6.17. The normalized spacial score (nSPS) is 20.9. The van der Waals surface area contributed by atoms with Crippen LogP contribution in [-0.2, 0) is 4.79 Å². The van der Waals surface area contributed by atoms with Gasteiger partial charge in [-0.05, 0) is 12.6 Å². The molecule has 4 nitrogen and oxygen atoms in total. The number of nitrogens with zero attached hydrogens (tertiary/aromatic N) is 2. The molecule has 0 amide bonds. The summed E-state index contributed by atoms with van der Waals surface area (Å²) in [5.74, 6) is -0.719. The van der Waals surface area contributed by atoms with E-state index < -0.39 is 12.0 Å². The third-order valence-electron chi connectivity index (χ3n) is 3.98. The zero-order valence-corrected chi connectivity index (χ0v) is 11.6. The number of hydrogen-bond donors (Lipinski definition) is 1. The van der Waals surface area contributed by atoms with Crippen LogP contribution in [0.4, 0.5) is 0 Å². The maximum Gasteiger partial charge on any atom is 0.321 e. The Balaban J connectivity index is 2.14. The minimum Gasteiger partial charge on any atom is -0.480 e. The third-order valence-corrected chi connectivity index (χ3v) is 3.98. The summed E-state index contributed by atoms with van der Waals surface area (Å²) in [6, 6.07) is 9.48. The van der Waals surface area contributed by atoms with E-state index in [-0.39, 0.29) is 5.92 Å². The van der Waals surface area contributed by atoms with E-state index in [1.807, 2.05) is 37.3 Å². The van der Waals surface area contributed by atoms with E-state index in [0.717, 1.165) is 31.7 Å². The summed E-state index contributed by atoms with van der Waals surface area (Å²) in [5, 5.41) is 9.57. The van der Waals surface area contributed by atoms with Crippen LogP contribution in [0.2, 0.25) is 0 Å². The molecule has 4 heteroatoms. The Morgan fingerprint density at radius 3 is 2.26 bits per heavy atom. The summed E-state index contributed by atoms with van der Waals surface area (Å²) in [4.78, 5) is 16.0. The smallest absolute Gasteiger partial charge is 0.321 e. The first kappa shape index (κ1) is 14.0. The highest BCUT2D eigenvalue weighted by Crippen LogP contribution is 2.24. The van der Waals surface area contributed by atoms with Crippen LogP contribution >= 0.6 is 0 Å². The molecular weight excluding hydrogens is 240 g/mol. The van der Waals surface area contributed by atoms with E-state index >= 15 is 0 Å². The first-order valence-corrected chi connectivity index (χ1v) is 6.80. The Morgan fingerprint density at radius 1 is 1.16 bits per heavy atom. The first-order valence-electron chi connectivity index (χ1n) is 6.80. The van der Waals surface area contributed by atoms with Gasteiger partial charge >= 0.3 is 5.97 Å². The highest BCUT2D eigenvalue weighted by Gasteiger charge is 2.33. The SMILES string of the molecule is CC(c1ccccc1)C(C(=O)O)N1CCN(C)CC1. The van der Waals surface area contributed by atoms with E-state index in [9.17, 15) is 9.90 Å². The van der Waals surface area contributed by atoms with Crippen molar-refractivity contribution in [2.45, 2.75) is 18.9 Å². The van der Waals surface area contributed by atoms with Crippen LogP contribution in [-0.4, -0.2) is 60.1 Å². The number of carbonyl (C=O) groups is 1. The number of likely N-dealkylation sites (N-methyl/N-ethyl adjacent to an activating group) is 1. The number of piperazine rings is 1. The molecule has 1 aliphatic heterocycles. The van der Waals surface area contributed by atoms with E-state index in [4.69, 9.17) is 0 Å². The predicted octanol–water partition coefficient (Wildman–Crippen LogP) is 1.49. The van der Waals surface area contributed by atoms with Crippen LogP contribution < -0.4 is 0 Å². The summed E-state index contributed by atoms with van der Waals surface area (Å²) < 4.78 is 0. The number of carboxylic acid groups (broad SMARTS) is 1. The lowest BCUT2D eigenvalue weighted by Gasteiger charge is -2.38. The van der Waals surface area contributed by atoms with Gasteiger partial charge in [0.05, 0.1) is 0 Å². The molecule has 1 saturated heterocycles. The van der Waals surface area contributed by atoms with E-state index in [1.54, 1.807) is 0 Å². The summed E-state index contributed by atoms with van der Waals surface area (Å²) in [7, 11) is 2.08. The molecule has 2 atom stereocenters. The van der Waals surface area contributed by atoms with Gasteiger partial charge in [-0.3, -0.25) is 9.69 Å². The van der Waals surface area contributed by atoms with E-state index in [0.29, 0.717) is 0 Å². The molecule has 104 valence electrons.